The van der Waals surface area contributed by atoms with Crippen LogP contribution in [0.2, 0.25) is 0 Å². The van der Waals surface area contributed by atoms with E-state index in [2.05, 4.69) is 45.0 Å². The van der Waals surface area contributed by atoms with Crippen LogP contribution in [0.25, 0.3) is 10.2 Å². The molecule has 0 saturated carbocycles. The first-order valence-electron chi connectivity index (χ1n) is 12.3. The first kappa shape index (κ1) is 28.8. The van der Waals surface area contributed by atoms with Gasteiger partial charge in [-0.1, -0.05) is 23.5 Å². The van der Waals surface area contributed by atoms with Crippen LogP contribution in [0.1, 0.15) is 15.9 Å². The van der Waals surface area contributed by atoms with Crippen LogP contribution in [-0.2, 0) is 10.0 Å². The summed E-state index contributed by atoms with van der Waals surface area (Å²) >= 11 is 1.73. The van der Waals surface area contributed by atoms with Gasteiger partial charge in [0.15, 0.2) is 5.13 Å². The topological polar surface area (TPSA) is 94.6 Å². The Hall–Kier alpha value is -3.25. The number of amides is 1. The molecular formula is C27H29ClFN5O3S2. The van der Waals surface area contributed by atoms with Crippen LogP contribution in [0, 0.1) is 12.7 Å². The number of nitrogens with zero attached hydrogens (tertiary/aromatic N) is 3. The van der Waals surface area contributed by atoms with E-state index in [0.717, 1.165) is 55.5 Å². The molecule has 8 nitrogen and oxygen atoms in total. The summed E-state index contributed by atoms with van der Waals surface area (Å²) in [5, 5.41) is 3.99. The summed E-state index contributed by atoms with van der Waals surface area (Å²) in [5.74, 6) is -0.734. The van der Waals surface area contributed by atoms with Gasteiger partial charge in [0.2, 0.25) is 0 Å². The molecule has 206 valence electrons. The number of nitrogens with one attached hydrogen (secondary N) is 2. The fraction of sp³-hybridized carbons (Fsp3) is 0.259. The first-order valence-corrected chi connectivity index (χ1v) is 14.6. The number of aromatic nitrogens is 1. The quantitative estimate of drug-likeness (QED) is 0.314. The molecule has 0 unspecified atom stereocenters. The third-order valence-corrected chi connectivity index (χ3v) is 8.97. The van der Waals surface area contributed by atoms with Crippen molar-refractivity contribution in [3.63, 3.8) is 0 Å². The molecule has 39 heavy (non-hydrogen) atoms. The van der Waals surface area contributed by atoms with E-state index in [1.807, 2.05) is 0 Å². The Bertz CT molecular complexity index is 1540. The fourth-order valence-corrected chi connectivity index (χ4v) is 6.47. The number of aryl methyl sites for hydroxylation is 1. The van der Waals surface area contributed by atoms with Crippen molar-refractivity contribution >= 4 is 60.7 Å². The molecular weight excluding hydrogens is 561 g/mol. The Morgan fingerprint density at radius 2 is 1.69 bits per heavy atom. The first-order chi connectivity index (χ1) is 18.3. The maximum absolute atomic E-state index is 13.1. The average Bonchev–Trinajstić information content (AvgIpc) is 3.35. The van der Waals surface area contributed by atoms with Crippen LogP contribution < -0.4 is 14.9 Å². The smallest absolute Gasteiger partial charge is 0.261 e. The molecule has 3 aromatic carbocycles. The normalized spacial score (nSPS) is 14.2. The Morgan fingerprint density at radius 3 is 2.36 bits per heavy atom. The number of carbonyl (C=O) groups is 1. The van der Waals surface area contributed by atoms with E-state index in [4.69, 9.17) is 4.98 Å². The molecule has 12 heteroatoms. The number of sulfonamides is 1. The average molecular weight is 590 g/mol. The molecule has 2 N–H and O–H groups in total. The molecule has 1 aliphatic heterocycles. The second-order valence-corrected chi connectivity index (χ2v) is 11.8. The number of benzene rings is 3. The second kappa shape index (κ2) is 12.3. The minimum absolute atomic E-state index is 0. The highest BCUT2D eigenvalue weighted by Gasteiger charge is 2.20. The molecule has 5 rings (SSSR count). The lowest BCUT2D eigenvalue weighted by atomic mass is 10.2. The maximum Gasteiger partial charge on any atom is 0.261 e. The van der Waals surface area contributed by atoms with Crippen LogP contribution in [0.4, 0.5) is 15.2 Å². The van der Waals surface area contributed by atoms with Crippen molar-refractivity contribution in [2.24, 2.45) is 0 Å². The second-order valence-electron chi connectivity index (χ2n) is 9.14. The highest BCUT2D eigenvalue weighted by atomic mass is 35.5. The summed E-state index contributed by atoms with van der Waals surface area (Å²) < 4.78 is 41.6. The number of rotatable bonds is 8. The lowest BCUT2D eigenvalue weighted by molar-refractivity contribution is 0.0948. The molecule has 0 aliphatic carbocycles. The van der Waals surface area contributed by atoms with E-state index >= 15 is 0 Å². The van der Waals surface area contributed by atoms with Gasteiger partial charge in [0.25, 0.3) is 15.9 Å². The van der Waals surface area contributed by atoms with Crippen molar-refractivity contribution in [1.82, 2.24) is 15.2 Å². The van der Waals surface area contributed by atoms with Crippen LogP contribution in [0.5, 0.6) is 0 Å². The molecule has 1 aromatic heterocycles. The molecule has 1 fully saturated rings. The van der Waals surface area contributed by atoms with E-state index in [0.29, 0.717) is 17.8 Å². The number of hydrogen-bond donors (Lipinski definition) is 2. The Labute approximate surface area is 237 Å². The summed E-state index contributed by atoms with van der Waals surface area (Å²) in [5.41, 5.74) is 3.02. The molecule has 0 atom stereocenters. The predicted octanol–water partition coefficient (Wildman–Crippen LogP) is 4.52. The monoisotopic (exact) mass is 589 g/mol. The van der Waals surface area contributed by atoms with Crippen molar-refractivity contribution in [3.05, 3.63) is 83.7 Å². The molecule has 4 aromatic rings. The van der Waals surface area contributed by atoms with Crippen LogP contribution in [-0.4, -0.2) is 63.5 Å². The zero-order valence-corrected chi connectivity index (χ0v) is 23.7. The lowest BCUT2D eigenvalue weighted by Crippen LogP contribution is -2.48. The molecule has 0 radical (unpaired) electrons. The van der Waals surface area contributed by atoms with Crippen molar-refractivity contribution in [2.75, 3.05) is 48.9 Å². The van der Waals surface area contributed by atoms with Crippen molar-refractivity contribution in [3.8, 4) is 0 Å². The van der Waals surface area contributed by atoms with Gasteiger partial charge in [0.1, 0.15) is 5.82 Å². The van der Waals surface area contributed by atoms with Crippen LogP contribution >= 0.6 is 23.7 Å². The van der Waals surface area contributed by atoms with Gasteiger partial charge in [-0.15, -0.1) is 12.4 Å². The number of fused-ring (bicyclic) bond motifs is 1. The highest BCUT2D eigenvalue weighted by Crippen LogP contribution is 2.31. The molecule has 1 amide bonds. The summed E-state index contributed by atoms with van der Waals surface area (Å²) in [6.45, 7) is 6.92. The van der Waals surface area contributed by atoms with Crippen LogP contribution in [0.3, 0.4) is 0 Å². The van der Waals surface area contributed by atoms with Crippen molar-refractivity contribution < 1.29 is 17.6 Å². The van der Waals surface area contributed by atoms with Gasteiger partial charge < -0.3 is 10.2 Å². The SMILES string of the molecule is Cc1cccc2sc(N3CCN(CCNC(=O)c4ccc(NS(=O)(=O)c5ccc(F)cc5)cc4)CC3)nc12.Cl. The van der Waals surface area contributed by atoms with Gasteiger partial charge in [-0.25, -0.2) is 17.8 Å². The van der Waals surface area contributed by atoms with Gasteiger partial charge in [-0.05, 0) is 67.1 Å². The number of piperazine rings is 1. The molecule has 1 saturated heterocycles. The summed E-state index contributed by atoms with van der Waals surface area (Å²) in [7, 11) is -3.85. The lowest BCUT2D eigenvalue weighted by Gasteiger charge is -2.34. The number of carbonyl (C=O) groups excluding carboxylic acids is 1. The van der Waals surface area contributed by atoms with E-state index in [-0.39, 0.29) is 23.2 Å². The van der Waals surface area contributed by atoms with E-state index < -0.39 is 15.8 Å². The minimum atomic E-state index is -3.85. The third kappa shape index (κ3) is 6.85. The molecule has 0 bridgehead atoms. The Balaban J connectivity index is 0.00000353. The number of thiazole rings is 1. The number of para-hydroxylation sites is 1. The van der Waals surface area contributed by atoms with Crippen molar-refractivity contribution in [2.45, 2.75) is 11.8 Å². The molecule has 2 heterocycles. The summed E-state index contributed by atoms with van der Waals surface area (Å²) in [4.78, 5) is 22.0. The highest BCUT2D eigenvalue weighted by molar-refractivity contribution is 7.92. The van der Waals surface area contributed by atoms with Gasteiger partial charge >= 0.3 is 0 Å². The van der Waals surface area contributed by atoms with Gasteiger partial charge in [0, 0.05) is 50.5 Å². The maximum atomic E-state index is 13.1. The van der Waals surface area contributed by atoms with Crippen LogP contribution in [0.15, 0.2) is 71.6 Å². The number of halogens is 2. The van der Waals surface area contributed by atoms with Gasteiger partial charge in [-0.2, -0.15) is 0 Å². The predicted molar refractivity (Wildman–Crippen MR) is 156 cm³/mol. The standard InChI is InChI=1S/C27H28FN5O3S2.ClH/c1-19-3-2-4-24-25(19)30-27(37-24)33-17-15-32(16-18-33)14-13-29-26(34)20-5-9-22(10-6-20)31-38(35,36)23-11-7-21(28)8-12-23;/h2-12,31H,13-18H2,1H3,(H,29,34);1H. The summed E-state index contributed by atoms with van der Waals surface area (Å²) in [6, 6.07) is 17.0. The van der Waals surface area contributed by atoms with Gasteiger partial charge in [-0.3, -0.25) is 14.4 Å². The van der Waals surface area contributed by atoms with Crippen molar-refractivity contribution in [1.29, 1.82) is 0 Å². The number of anilines is 2. The van der Waals surface area contributed by atoms with E-state index in [1.54, 1.807) is 23.5 Å². The van der Waals surface area contributed by atoms with E-state index in [9.17, 15) is 17.6 Å². The Kier molecular flexibility index (Phi) is 9.06. The van der Waals surface area contributed by atoms with E-state index in [1.165, 1.54) is 34.5 Å². The zero-order chi connectivity index (χ0) is 26.7. The van der Waals surface area contributed by atoms with Gasteiger partial charge in [0.05, 0.1) is 15.1 Å². The summed E-state index contributed by atoms with van der Waals surface area (Å²) in [6.07, 6.45) is 0. The zero-order valence-electron chi connectivity index (χ0n) is 21.3. The minimum Gasteiger partial charge on any atom is -0.351 e. The third-order valence-electron chi connectivity index (χ3n) is 6.49. The fourth-order valence-electron chi connectivity index (χ4n) is 4.32. The Morgan fingerprint density at radius 1 is 1.00 bits per heavy atom. The number of hydrogen-bond acceptors (Lipinski definition) is 7. The molecule has 0 spiro atoms. The largest absolute Gasteiger partial charge is 0.351 e. The molecule has 1 aliphatic rings.